The van der Waals surface area contributed by atoms with Crippen LogP contribution >= 0.6 is 0 Å². The zero-order valence-electron chi connectivity index (χ0n) is 13.1. The molecule has 2 rings (SSSR count). The molecular weight excluding hydrogens is 300 g/mol. The Labute approximate surface area is 134 Å². The van der Waals surface area contributed by atoms with E-state index in [2.05, 4.69) is 10.6 Å². The van der Waals surface area contributed by atoms with Crippen LogP contribution in [0, 0.1) is 11.6 Å². The Morgan fingerprint density at radius 1 is 1.00 bits per heavy atom. The molecule has 0 radical (unpaired) electrons. The van der Waals surface area contributed by atoms with Crippen molar-refractivity contribution in [3.05, 3.63) is 54.1 Å². The summed E-state index contributed by atoms with van der Waals surface area (Å²) in [6, 6.07) is 11.0. The van der Waals surface area contributed by atoms with E-state index in [9.17, 15) is 13.6 Å². The number of halogens is 2. The van der Waals surface area contributed by atoms with Crippen molar-refractivity contribution >= 4 is 23.0 Å². The summed E-state index contributed by atoms with van der Waals surface area (Å²) in [5, 5.41) is 5.66. The summed E-state index contributed by atoms with van der Waals surface area (Å²) in [5.41, 5.74) is 2.20. The SMILES string of the molecule is CN(C)c1ccc(NC(=O)CCNc2ccc(F)c(F)c2)cc1. The highest BCUT2D eigenvalue weighted by Crippen LogP contribution is 2.16. The number of hydrogen-bond acceptors (Lipinski definition) is 3. The second kappa shape index (κ2) is 7.58. The Balaban J connectivity index is 1.79. The summed E-state index contributed by atoms with van der Waals surface area (Å²) in [7, 11) is 3.88. The molecule has 0 atom stereocenters. The van der Waals surface area contributed by atoms with E-state index in [1.54, 1.807) is 0 Å². The molecule has 0 saturated heterocycles. The quantitative estimate of drug-likeness (QED) is 0.857. The van der Waals surface area contributed by atoms with Crippen molar-refractivity contribution in [2.24, 2.45) is 0 Å². The number of hydrogen-bond donors (Lipinski definition) is 2. The van der Waals surface area contributed by atoms with Crippen LogP contribution in [0.4, 0.5) is 25.8 Å². The number of benzene rings is 2. The Morgan fingerprint density at radius 2 is 1.65 bits per heavy atom. The van der Waals surface area contributed by atoms with Crippen molar-refractivity contribution in [1.29, 1.82) is 0 Å². The number of rotatable bonds is 6. The number of amides is 1. The first-order chi connectivity index (χ1) is 11.0. The lowest BCUT2D eigenvalue weighted by molar-refractivity contribution is -0.115. The maximum atomic E-state index is 13.0. The van der Waals surface area contributed by atoms with Crippen LogP contribution in [0.5, 0.6) is 0 Å². The van der Waals surface area contributed by atoms with Gasteiger partial charge >= 0.3 is 0 Å². The molecule has 0 heterocycles. The average Bonchev–Trinajstić information content (AvgIpc) is 2.51. The van der Waals surface area contributed by atoms with Crippen LogP contribution in [0.15, 0.2) is 42.5 Å². The average molecular weight is 319 g/mol. The van der Waals surface area contributed by atoms with Crippen LogP contribution in [-0.2, 0) is 4.79 Å². The van der Waals surface area contributed by atoms with Crippen LogP contribution in [0.3, 0.4) is 0 Å². The maximum absolute atomic E-state index is 13.0. The number of carbonyl (C=O) groups excluding carboxylic acids is 1. The van der Waals surface area contributed by atoms with Crippen LogP contribution < -0.4 is 15.5 Å². The fourth-order valence-electron chi connectivity index (χ4n) is 1.99. The first-order valence-corrected chi connectivity index (χ1v) is 7.22. The third-order valence-corrected chi connectivity index (χ3v) is 3.27. The highest BCUT2D eigenvalue weighted by Gasteiger charge is 2.05. The van der Waals surface area contributed by atoms with E-state index >= 15 is 0 Å². The van der Waals surface area contributed by atoms with Gasteiger partial charge in [-0.25, -0.2) is 8.78 Å². The van der Waals surface area contributed by atoms with Gasteiger partial charge in [0.2, 0.25) is 5.91 Å². The van der Waals surface area contributed by atoms with Gasteiger partial charge in [0.25, 0.3) is 0 Å². The van der Waals surface area contributed by atoms with E-state index in [0.717, 1.165) is 17.8 Å². The van der Waals surface area contributed by atoms with Crippen molar-refractivity contribution in [3.63, 3.8) is 0 Å². The maximum Gasteiger partial charge on any atom is 0.226 e. The van der Waals surface area contributed by atoms with Gasteiger partial charge in [-0.05, 0) is 42.5 Å². The largest absolute Gasteiger partial charge is 0.384 e. The van der Waals surface area contributed by atoms with E-state index in [1.807, 2.05) is 43.3 Å². The smallest absolute Gasteiger partial charge is 0.226 e. The van der Waals surface area contributed by atoms with Crippen LogP contribution in [0.25, 0.3) is 0 Å². The molecule has 0 spiro atoms. The van der Waals surface area contributed by atoms with E-state index in [1.165, 1.54) is 6.07 Å². The predicted octanol–water partition coefficient (Wildman–Crippen LogP) is 3.47. The van der Waals surface area contributed by atoms with Gasteiger partial charge in [-0.2, -0.15) is 0 Å². The standard InChI is InChI=1S/C17H19F2N3O/c1-22(2)14-6-3-12(4-7-14)21-17(23)9-10-20-13-5-8-15(18)16(19)11-13/h3-8,11,20H,9-10H2,1-2H3,(H,21,23). The molecule has 122 valence electrons. The van der Waals surface area contributed by atoms with Crippen molar-refractivity contribution < 1.29 is 13.6 Å². The molecule has 0 bridgehead atoms. The second-order valence-electron chi connectivity index (χ2n) is 5.30. The molecule has 0 aromatic heterocycles. The van der Waals surface area contributed by atoms with Gasteiger partial charge in [0.05, 0.1) is 0 Å². The Kier molecular flexibility index (Phi) is 5.51. The Bertz CT molecular complexity index is 672. The van der Waals surface area contributed by atoms with Gasteiger partial charge in [0.1, 0.15) is 0 Å². The number of carbonyl (C=O) groups is 1. The third-order valence-electron chi connectivity index (χ3n) is 3.27. The lowest BCUT2D eigenvalue weighted by Gasteiger charge is -2.13. The molecule has 4 nitrogen and oxygen atoms in total. The molecule has 0 fully saturated rings. The monoisotopic (exact) mass is 319 g/mol. The van der Waals surface area contributed by atoms with Gasteiger partial charge in [-0.3, -0.25) is 4.79 Å². The Hall–Kier alpha value is -2.63. The van der Waals surface area contributed by atoms with Gasteiger partial charge in [0, 0.05) is 44.1 Å². The molecule has 2 N–H and O–H groups in total. The zero-order valence-corrected chi connectivity index (χ0v) is 13.1. The second-order valence-corrected chi connectivity index (χ2v) is 5.30. The lowest BCUT2D eigenvalue weighted by Crippen LogP contribution is -2.16. The molecule has 0 saturated carbocycles. The van der Waals surface area contributed by atoms with Gasteiger partial charge in [0.15, 0.2) is 11.6 Å². The number of nitrogens with zero attached hydrogens (tertiary/aromatic N) is 1. The molecule has 2 aromatic carbocycles. The topological polar surface area (TPSA) is 44.4 Å². The first kappa shape index (κ1) is 16.7. The number of anilines is 3. The van der Waals surface area contributed by atoms with Gasteiger partial charge < -0.3 is 15.5 Å². The molecule has 0 aliphatic carbocycles. The van der Waals surface area contributed by atoms with E-state index in [0.29, 0.717) is 17.9 Å². The van der Waals surface area contributed by atoms with Crippen LogP contribution in [0.2, 0.25) is 0 Å². The summed E-state index contributed by atoms with van der Waals surface area (Å²) in [4.78, 5) is 13.8. The fourth-order valence-corrected chi connectivity index (χ4v) is 1.99. The third kappa shape index (κ3) is 4.95. The molecule has 2 aromatic rings. The predicted molar refractivity (Wildman–Crippen MR) is 88.9 cm³/mol. The fraction of sp³-hybridized carbons (Fsp3) is 0.235. The van der Waals surface area contributed by atoms with Crippen molar-refractivity contribution in [3.8, 4) is 0 Å². The van der Waals surface area contributed by atoms with E-state index in [4.69, 9.17) is 0 Å². The highest BCUT2D eigenvalue weighted by molar-refractivity contribution is 5.91. The summed E-state index contributed by atoms with van der Waals surface area (Å²) in [6.45, 7) is 0.326. The molecular formula is C17H19F2N3O. The van der Waals surface area contributed by atoms with E-state index in [-0.39, 0.29) is 12.3 Å². The molecule has 6 heteroatoms. The van der Waals surface area contributed by atoms with Crippen LogP contribution in [0.1, 0.15) is 6.42 Å². The first-order valence-electron chi connectivity index (χ1n) is 7.22. The van der Waals surface area contributed by atoms with E-state index < -0.39 is 11.6 Å². The highest BCUT2D eigenvalue weighted by atomic mass is 19.2. The molecule has 23 heavy (non-hydrogen) atoms. The molecule has 0 aliphatic rings. The normalized spacial score (nSPS) is 10.3. The Morgan fingerprint density at radius 3 is 2.26 bits per heavy atom. The van der Waals surface area contributed by atoms with Gasteiger partial charge in [-0.1, -0.05) is 0 Å². The lowest BCUT2D eigenvalue weighted by atomic mass is 10.2. The summed E-state index contributed by atoms with van der Waals surface area (Å²) >= 11 is 0. The molecule has 1 amide bonds. The number of nitrogens with one attached hydrogen (secondary N) is 2. The van der Waals surface area contributed by atoms with Crippen molar-refractivity contribution in [2.75, 3.05) is 36.2 Å². The van der Waals surface area contributed by atoms with Crippen molar-refractivity contribution in [1.82, 2.24) is 0 Å². The zero-order chi connectivity index (χ0) is 16.8. The molecule has 0 unspecified atom stereocenters. The van der Waals surface area contributed by atoms with Crippen LogP contribution in [-0.4, -0.2) is 26.5 Å². The summed E-state index contributed by atoms with van der Waals surface area (Å²) in [6.07, 6.45) is 0.217. The minimum absolute atomic E-state index is 0.155. The minimum Gasteiger partial charge on any atom is -0.384 e. The summed E-state index contributed by atoms with van der Waals surface area (Å²) < 4.78 is 25.8. The molecule has 0 aliphatic heterocycles. The van der Waals surface area contributed by atoms with Crippen molar-refractivity contribution in [2.45, 2.75) is 6.42 Å². The minimum atomic E-state index is -0.916. The van der Waals surface area contributed by atoms with Gasteiger partial charge in [-0.15, -0.1) is 0 Å². The summed E-state index contributed by atoms with van der Waals surface area (Å²) in [5.74, 6) is -1.97.